The van der Waals surface area contributed by atoms with Gasteiger partial charge in [0.1, 0.15) is 5.82 Å². The number of carbonyl (C=O) groups is 1. The minimum atomic E-state index is -0.280. The maximum absolute atomic E-state index is 13.2. The van der Waals surface area contributed by atoms with Crippen molar-refractivity contribution < 1.29 is 14.0 Å². The van der Waals surface area contributed by atoms with Gasteiger partial charge in [-0.1, -0.05) is 59.9 Å². The van der Waals surface area contributed by atoms with Crippen LogP contribution in [0.1, 0.15) is 43.2 Å². The van der Waals surface area contributed by atoms with Crippen LogP contribution in [0.2, 0.25) is 5.02 Å². The topological polar surface area (TPSA) is 41.9 Å². The highest BCUT2D eigenvalue weighted by molar-refractivity contribution is 6.31. The molecular formula is C23H24ClFN2O2. The largest absolute Gasteiger partial charge is 0.390 e. The zero-order valence-electron chi connectivity index (χ0n) is 16.2. The second-order valence-electron chi connectivity index (χ2n) is 7.77. The molecule has 0 spiro atoms. The van der Waals surface area contributed by atoms with Crippen molar-refractivity contribution in [1.82, 2.24) is 4.90 Å². The molecule has 0 saturated heterocycles. The number of hydrogen-bond acceptors (Lipinski definition) is 3. The Morgan fingerprint density at radius 1 is 1.14 bits per heavy atom. The van der Waals surface area contributed by atoms with Crippen LogP contribution in [0.15, 0.2) is 53.7 Å². The first kappa shape index (κ1) is 19.9. The minimum Gasteiger partial charge on any atom is -0.390 e. The number of benzene rings is 2. The fraction of sp³-hybridized carbons (Fsp3) is 0.391. The van der Waals surface area contributed by atoms with Crippen LogP contribution < -0.4 is 0 Å². The number of amides is 1. The summed E-state index contributed by atoms with van der Waals surface area (Å²) in [6, 6.07) is 13.8. The average molecular weight is 415 g/mol. The normalized spacial score (nSPS) is 19.1. The second-order valence-corrected chi connectivity index (χ2v) is 8.18. The first-order valence-electron chi connectivity index (χ1n) is 10.1. The molecule has 0 unspecified atom stereocenters. The summed E-state index contributed by atoms with van der Waals surface area (Å²) in [6.07, 6.45) is 4.47. The van der Waals surface area contributed by atoms with Crippen LogP contribution in [0.25, 0.3) is 0 Å². The molecule has 0 N–H and O–H groups in total. The molecule has 0 bridgehead atoms. The number of nitrogens with zero attached hydrogens (tertiary/aromatic N) is 2. The summed E-state index contributed by atoms with van der Waals surface area (Å²) in [5.41, 5.74) is 2.55. The average Bonchev–Trinajstić information content (AvgIpc) is 3.41. The molecule has 0 radical (unpaired) electrons. The van der Waals surface area contributed by atoms with Crippen molar-refractivity contribution in [1.29, 1.82) is 0 Å². The summed E-state index contributed by atoms with van der Waals surface area (Å²) in [5, 5.41) is 4.84. The van der Waals surface area contributed by atoms with E-state index in [0.717, 1.165) is 42.5 Å². The lowest BCUT2D eigenvalue weighted by Gasteiger charge is -2.28. The molecule has 2 aromatic rings. The summed E-state index contributed by atoms with van der Waals surface area (Å²) >= 11 is 6.34. The Bertz CT molecular complexity index is 894. The van der Waals surface area contributed by atoms with E-state index in [1.165, 1.54) is 12.1 Å². The van der Waals surface area contributed by atoms with Crippen LogP contribution in [0, 0.1) is 11.7 Å². The highest BCUT2D eigenvalue weighted by Gasteiger charge is 2.31. The van der Waals surface area contributed by atoms with Gasteiger partial charge in [-0.15, -0.1) is 0 Å². The van der Waals surface area contributed by atoms with Gasteiger partial charge in [0.15, 0.2) is 6.10 Å². The van der Waals surface area contributed by atoms with Gasteiger partial charge >= 0.3 is 0 Å². The minimum absolute atomic E-state index is 0.0800. The van der Waals surface area contributed by atoms with E-state index in [9.17, 15) is 9.18 Å². The molecule has 1 amide bonds. The van der Waals surface area contributed by atoms with Gasteiger partial charge in [-0.2, -0.15) is 0 Å². The maximum atomic E-state index is 13.2. The standard InChI is InChI=1S/C23H24ClFN2O2/c24-21-8-4-3-7-18(21)14-27(23(28)17-5-1-2-6-17)15-20-13-22(26-29-20)16-9-11-19(25)12-10-16/h3-4,7-12,17,20H,1-2,5-6,13-15H2/t20-/m0/s1. The number of oxime groups is 1. The summed E-state index contributed by atoms with van der Waals surface area (Å²) in [7, 11) is 0. The fourth-order valence-corrected chi connectivity index (χ4v) is 4.28. The van der Waals surface area contributed by atoms with Gasteiger partial charge in [0.2, 0.25) is 5.91 Å². The first-order chi connectivity index (χ1) is 14.1. The van der Waals surface area contributed by atoms with E-state index in [0.29, 0.717) is 24.5 Å². The van der Waals surface area contributed by atoms with Crippen LogP contribution in [0.3, 0.4) is 0 Å². The van der Waals surface area contributed by atoms with Crippen LogP contribution in [-0.4, -0.2) is 29.2 Å². The molecular weight excluding hydrogens is 391 g/mol. The Morgan fingerprint density at radius 2 is 1.86 bits per heavy atom. The molecule has 1 heterocycles. The lowest BCUT2D eigenvalue weighted by atomic mass is 10.0. The summed E-state index contributed by atoms with van der Waals surface area (Å²) < 4.78 is 13.2. The molecule has 1 aliphatic heterocycles. The smallest absolute Gasteiger partial charge is 0.226 e. The Hall–Kier alpha value is -2.40. The van der Waals surface area contributed by atoms with Gasteiger partial charge in [0.05, 0.1) is 12.3 Å². The Kier molecular flexibility index (Phi) is 6.14. The molecule has 2 aliphatic rings. The number of halogens is 2. The Balaban J connectivity index is 1.46. The molecule has 1 atom stereocenters. The van der Waals surface area contributed by atoms with E-state index in [-0.39, 0.29) is 23.7 Å². The molecule has 29 heavy (non-hydrogen) atoms. The quantitative estimate of drug-likeness (QED) is 0.652. The van der Waals surface area contributed by atoms with Gasteiger partial charge in [-0.25, -0.2) is 4.39 Å². The van der Waals surface area contributed by atoms with Gasteiger partial charge < -0.3 is 9.74 Å². The lowest BCUT2D eigenvalue weighted by molar-refractivity contribution is -0.137. The third-order valence-electron chi connectivity index (χ3n) is 5.67. The van der Waals surface area contributed by atoms with E-state index >= 15 is 0 Å². The van der Waals surface area contributed by atoms with Gasteiger partial charge in [-0.05, 0) is 42.2 Å². The van der Waals surface area contributed by atoms with Crippen LogP contribution >= 0.6 is 11.6 Å². The van der Waals surface area contributed by atoms with Crippen molar-refractivity contribution in [3.05, 3.63) is 70.5 Å². The first-order valence-corrected chi connectivity index (χ1v) is 10.5. The molecule has 152 valence electrons. The fourth-order valence-electron chi connectivity index (χ4n) is 4.08. The molecule has 4 rings (SSSR count). The van der Waals surface area contributed by atoms with E-state index in [1.54, 1.807) is 12.1 Å². The number of hydrogen-bond donors (Lipinski definition) is 0. The monoisotopic (exact) mass is 414 g/mol. The van der Waals surface area contributed by atoms with Gasteiger partial charge in [-0.3, -0.25) is 4.79 Å². The predicted octanol–water partition coefficient (Wildman–Crippen LogP) is 5.19. The Labute approximate surface area is 175 Å². The van der Waals surface area contributed by atoms with Crippen molar-refractivity contribution in [3.8, 4) is 0 Å². The third kappa shape index (κ3) is 4.78. The van der Waals surface area contributed by atoms with Crippen LogP contribution in [0.4, 0.5) is 4.39 Å². The zero-order chi connectivity index (χ0) is 20.2. The van der Waals surface area contributed by atoms with E-state index in [1.807, 2.05) is 29.2 Å². The molecule has 0 aromatic heterocycles. The van der Waals surface area contributed by atoms with Crippen molar-refractivity contribution in [2.75, 3.05) is 6.54 Å². The van der Waals surface area contributed by atoms with E-state index < -0.39 is 0 Å². The third-order valence-corrected chi connectivity index (χ3v) is 6.04. The van der Waals surface area contributed by atoms with E-state index in [2.05, 4.69) is 5.16 Å². The Morgan fingerprint density at radius 3 is 2.59 bits per heavy atom. The predicted molar refractivity (Wildman–Crippen MR) is 111 cm³/mol. The molecule has 1 aliphatic carbocycles. The van der Waals surface area contributed by atoms with Crippen molar-refractivity contribution in [3.63, 3.8) is 0 Å². The van der Waals surface area contributed by atoms with Crippen molar-refractivity contribution in [2.24, 2.45) is 11.1 Å². The van der Waals surface area contributed by atoms with Crippen molar-refractivity contribution in [2.45, 2.75) is 44.8 Å². The second kappa shape index (κ2) is 8.95. The molecule has 4 nitrogen and oxygen atoms in total. The molecule has 6 heteroatoms. The SMILES string of the molecule is O=C(C1CCCC1)N(Cc1ccccc1Cl)C[C@@H]1CC(c2ccc(F)cc2)=NO1. The summed E-state index contributed by atoms with van der Waals surface area (Å²) in [6.45, 7) is 0.912. The zero-order valence-corrected chi connectivity index (χ0v) is 16.9. The van der Waals surface area contributed by atoms with Crippen LogP contribution in [-0.2, 0) is 16.2 Å². The van der Waals surface area contributed by atoms with E-state index in [4.69, 9.17) is 16.4 Å². The number of rotatable bonds is 6. The highest BCUT2D eigenvalue weighted by atomic mass is 35.5. The van der Waals surface area contributed by atoms with Gasteiger partial charge in [0.25, 0.3) is 0 Å². The summed E-state index contributed by atoms with van der Waals surface area (Å²) in [4.78, 5) is 20.7. The van der Waals surface area contributed by atoms with Gasteiger partial charge in [0, 0.05) is 23.9 Å². The molecule has 1 saturated carbocycles. The molecule has 1 fully saturated rings. The van der Waals surface area contributed by atoms with Crippen LogP contribution in [0.5, 0.6) is 0 Å². The maximum Gasteiger partial charge on any atom is 0.226 e. The number of carbonyl (C=O) groups excluding carboxylic acids is 1. The molecule has 2 aromatic carbocycles. The lowest BCUT2D eigenvalue weighted by Crippen LogP contribution is -2.40. The highest BCUT2D eigenvalue weighted by Crippen LogP contribution is 2.29. The summed E-state index contributed by atoms with van der Waals surface area (Å²) in [5.74, 6) is -0.0319. The van der Waals surface area contributed by atoms with Crippen molar-refractivity contribution >= 4 is 23.2 Å².